The summed E-state index contributed by atoms with van der Waals surface area (Å²) in [5, 5.41) is 3.48. The number of amides is 1. The lowest BCUT2D eigenvalue weighted by molar-refractivity contribution is 0.0950. The smallest absolute Gasteiger partial charge is 0.252 e. The minimum Gasteiger partial charge on any atom is -0.351 e. The molecule has 0 aliphatic rings. The van der Waals surface area contributed by atoms with Gasteiger partial charge in [0.2, 0.25) is 0 Å². The van der Waals surface area contributed by atoms with Gasteiger partial charge in [-0.15, -0.1) is 0 Å². The topological polar surface area (TPSA) is 54.3 Å². The lowest BCUT2D eigenvalue weighted by Crippen LogP contribution is -2.32. The van der Waals surface area contributed by atoms with Gasteiger partial charge >= 0.3 is 0 Å². The minimum atomic E-state index is -0.184. The number of halogens is 1. The molecule has 0 atom stereocenters. The van der Waals surface area contributed by atoms with Gasteiger partial charge in [0.1, 0.15) is 0 Å². The lowest BCUT2D eigenvalue weighted by atomic mass is 10.2. The second kappa shape index (κ2) is 7.94. The Balaban J connectivity index is 2.10. The largest absolute Gasteiger partial charge is 0.351 e. The van der Waals surface area contributed by atoms with Gasteiger partial charge in [-0.2, -0.15) is 0 Å². The van der Waals surface area contributed by atoms with Gasteiger partial charge in [0, 0.05) is 30.4 Å². The van der Waals surface area contributed by atoms with Crippen LogP contribution in [0.25, 0.3) is 0 Å². The normalized spacial score (nSPS) is 10.8. The van der Waals surface area contributed by atoms with Gasteiger partial charge in [-0.05, 0) is 37.9 Å². The number of carbonyl (C=O) groups is 1. The predicted molar refractivity (Wildman–Crippen MR) is 92.1 cm³/mol. The van der Waals surface area contributed by atoms with Crippen LogP contribution in [0.1, 0.15) is 15.9 Å². The van der Waals surface area contributed by atoms with Gasteiger partial charge in [0.15, 0.2) is 0 Å². The molecular formula is C17H20ClN3O2. The maximum atomic E-state index is 12.1. The molecule has 0 saturated carbocycles. The molecule has 0 unspecified atom stereocenters. The van der Waals surface area contributed by atoms with Gasteiger partial charge < -0.3 is 14.8 Å². The van der Waals surface area contributed by atoms with Crippen LogP contribution >= 0.6 is 11.6 Å². The van der Waals surface area contributed by atoms with Crippen LogP contribution in [0.15, 0.2) is 47.4 Å². The van der Waals surface area contributed by atoms with Crippen molar-refractivity contribution in [2.24, 2.45) is 0 Å². The molecule has 0 saturated heterocycles. The number of rotatable bonds is 6. The molecule has 5 nitrogen and oxygen atoms in total. The summed E-state index contributed by atoms with van der Waals surface area (Å²) < 4.78 is 1.52. The van der Waals surface area contributed by atoms with Crippen LogP contribution < -0.4 is 10.9 Å². The highest BCUT2D eigenvalue weighted by molar-refractivity contribution is 6.30. The van der Waals surface area contributed by atoms with E-state index in [1.807, 2.05) is 31.1 Å². The fourth-order valence-electron chi connectivity index (χ4n) is 2.07. The molecule has 6 heteroatoms. The van der Waals surface area contributed by atoms with E-state index in [0.717, 1.165) is 12.1 Å². The number of nitrogens with one attached hydrogen (secondary N) is 1. The predicted octanol–water partition coefficient (Wildman–Crippen LogP) is 1.84. The maximum Gasteiger partial charge on any atom is 0.252 e. The third-order valence-electron chi connectivity index (χ3n) is 3.36. The van der Waals surface area contributed by atoms with E-state index in [1.165, 1.54) is 10.6 Å². The van der Waals surface area contributed by atoms with E-state index < -0.39 is 0 Å². The summed E-state index contributed by atoms with van der Waals surface area (Å²) in [6.45, 7) is 1.72. The van der Waals surface area contributed by atoms with Crippen LogP contribution in [0.5, 0.6) is 0 Å². The summed E-state index contributed by atoms with van der Waals surface area (Å²) in [4.78, 5) is 26.1. The Hall–Kier alpha value is -2.11. The Bertz CT molecular complexity index is 723. The summed E-state index contributed by atoms with van der Waals surface area (Å²) in [6.07, 6.45) is 1.59. The maximum absolute atomic E-state index is 12.1. The fraction of sp³-hybridized carbons (Fsp3) is 0.294. The molecule has 0 aliphatic carbocycles. The van der Waals surface area contributed by atoms with Crippen molar-refractivity contribution in [2.75, 3.05) is 27.2 Å². The molecule has 0 aliphatic heterocycles. The van der Waals surface area contributed by atoms with Crippen LogP contribution in [0, 0.1) is 0 Å². The summed E-state index contributed by atoms with van der Waals surface area (Å²) in [5.41, 5.74) is 1.27. The van der Waals surface area contributed by atoms with Crippen molar-refractivity contribution in [3.05, 3.63) is 69.1 Å². The number of hydrogen-bond donors (Lipinski definition) is 1. The Morgan fingerprint density at radius 1 is 1.17 bits per heavy atom. The number of pyridine rings is 1. The molecule has 0 fully saturated rings. The van der Waals surface area contributed by atoms with Gasteiger partial charge in [-0.25, -0.2) is 0 Å². The summed E-state index contributed by atoms with van der Waals surface area (Å²) in [5.74, 6) is -0.184. The Morgan fingerprint density at radius 3 is 2.52 bits per heavy atom. The van der Waals surface area contributed by atoms with Crippen molar-refractivity contribution in [3.8, 4) is 0 Å². The first-order valence-corrected chi connectivity index (χ1v) is 7.71. The number of aromatic nitrogens is 1. The van der Waals surface area contributed by atoms with Gasteiger partial charge in [-0.1, -0.05) is 23.7 Å². The fourth-order valence-corrected chi connectivity index (χ4v) is 2.20. The zero-order chi connectivity index (χ0) is 16.8. The summed E-state index contributed by atoms with van der Waals surface area (Å²) in [6, 6.07) is 10.2. The van der Waals surface area contributed by atoms with Crippen LogP contribution in [0.4, 0.5) is 0 Å². The van der Waals surface area contributed by atoms with Crippen LogP contribution in [-0.4, -0.2) is 42.6 Å². The highest BCUT2D eigenvalue weighted by Crippen LogP contribution is 2.10. The monoisotopic (exact) mass is 333 g/mol. The van der Waals surface area contributed by atoms with Crippen LogP contribution in [0.3, 0.4) is 0 Å². The van der Waals surface area contributed by atoms with Crippen molar-refractivity contribution >= 4 is 17.5 Å². The molecule has 2 rings (SSSR count). The van der Waals surface area contributed by atoms with E-state index in [9.17, 15) is 9.59 Å². The van der Waals surface area contributed by atoms with E-state index in [-0.39, 0.29) is 11.5 Å². The number of carbonyl (C=O) groups excluding carboxylic acids is 1. The van der Waals surface area contributed by atoms with Crippen molar-refractivity contribution in [2.45, 2.75) is 6.54 Å². The van der Waals surface area contributed by atoms with Crippen molar-refractivity contribution in [3.63, 3.8) is 0 Å². The van der Waals surface area contributed by atoms with Crippen molar-refractivity contribution in [1.82, 2.24) is 14.8 Å². The molecule has 0 radical (unpaired) electrons. The first kappa shape index (κ1) is 17.2. The molecule has 122 valence electrons. The van der Waals surface area contributed by atoms with E-state index in [0.29, 0.717) is 23.7 Å². The third-order valence-corrected chi connectivity index (χ3v) is 3.61. The zero-order valence-corrected chi connectivity index (χ0v) is 14.0. The average Bonchev–Trinajstić information content (AvgIpc) is 2.51. The van der Waals surface area contributed by atoms with Crippen molar-refractivity contribution < 1.29 is 4.79 Å². The van der Waals surface area contributed by atoms with Crippen LogP contribution in [0.2, 0.25) is 5.02 Å². The first-order chi connectivity index (χ1) is 11.0. The molecule has 0 spiro atoms. The molecule has 1 N–H and O–H groups in total. The second-order valence-corrected chi connectivity index (χ2v) is 6.01. The lowest BCUT2D eigenvalue weighted by Gasteiger charge is -2.11. The molecule has 23 heavy (non-hydrogen) atoms. The minimum absolute atomic E-state index is 0.148. The molecule has 1 heterocycles. The van der Waals surface area contributed by atoms with E-state index in [4.69, 9.17) is 11.6 Å². The Labute approximate surface area is 140 Å². The van der Waals surface area contributed by atoms with Gasteiger partial charge in [-0.3, -0.25) is 9.59 Å². The van der Waals surface area contributed by atoms with Gasteiger partial charge in [0.25, 0.3) is 11.5 Å². The zero-order valence-electron chi connectivity index (χ0n) is 13.3. The summed E-state index contributed by atoms with van der Waals surface area (Å²) in [7, 11) is 3.89. The number of benzene rings is 1. The second-order valence-electron chi connectivity index (χ2n) is 5.57. The molecule has 2 aromatic rings. The Morgan fingerprint density at radius 2 is 1.87 bits per heavy atom. The Kier molecular flexibility index (Phi) is 5.96. The van der Waals surface area contributed by atoms with Gasteiger partial charge in [0.05, 0.1) is 12.1 Å². The molecule has 1 aromatic heterocycles. The van der Waals surface area contributed by atoms with Crippen molar-refractivity contribution in [1.29, 1.82) is 0 Å². The third kappa shape index (κ3) is 5.23. The molecular weight excluding hydrogens is 314 g/mol. The average molecular weight is 334 g/mol. The first-order valence-electron chi connectivity index (χ1n) is 7.33. The highest BCUT2D eigenvalue weighted by atomic mass is 35.5. The molecule has 1 amide bonds. The number of nitrogens with zero attached hydrogens (tertiary/aromatic N) is 2. The molecule has 0 bridgehead atoms. The van der Waals surface area contributed by atoms with Crippen LogP contribution in [-0.2, 0) is 6.54 Å². The highest BCUT2D eigenvalue weighted by Gasteiger charge is 2.08. The number of hydrogen-bond acceptors (Lipinski definition) is 3. The van der Waals surface area contributed by atoms with E-state index in [1.54, 1.807) is 24.4 Å². The quantitative estimate of drug-likeness (QED) is 0.877. The standard InChI is InChI=1S/C17H20ClN3O2/c1-20(2)10-9-19-17(23)14-5-8-16(22)21(12-14)11-13-3-6-15(18)7-4-13/h3-8,12H,9-11H2,1-2H3,(H,19,23). The summed E-state index contributed by atoms with van der Waals surface area (Å²) >= 11 is 5.86. The molecule has 1 aromatic carbocycles. The SMILES string of the molecule is CN(C)CCNC(=O)c1ccc(=O)n(Cc2ccc(Cl)cc2)c1. The van der Waals surface area contributed by atoms with E-state index >= 15 is 0 Å². The number of likely N-dealkylation sites (N-methyl/N-ethyl adjacent to an activating group) is 1. The van der Waals surface area contributed by atoms with E-state index in [2.05, 4.69) is 5.32 Å².